The zero-order valence-corrected chi connectivity index (χ0v) is 7.19. The number of halogens is 4. The number of rotatable bonds is 3. The smallest absolute Gasteiger partial charge is 0.272 e. The van der Waals surface area contributed by atoms with Crippen molar-refractivity contribution in [3.05, 3.63) is 29.0 Å². The Labute approximate surface area is 78.1 Å². The molecule has 0 aliphatic heterocycles. The van der Waals surface area contributed by atoms with Crippen molar-refractivity contribution in [3.8, 4) is 5.75 Å². The van der Waals surface area contributed by atoms with Crippen molar-refractivity contribution in [2.75, 3.05) is 6.61 Å². The normalized spacial score (nSPS) is 10.5. The van der Waals surface area contributed by atoms with Gasteiger partial charge in [0, 0.05) is 0 Å². The standard InChI is InChI=1S/C8H6ClF3O/c9-5-2-1-3-6(10)8(5)13-4-7(11)12/h1-3,7H,4H2. The van der Waals surface area contributed by atoms with Crippen LogP contribution in [0, 0.1) is 5.82 Å². The lowest BCUT2D eigenvalue weighted by molar-refractivity contribution is 0.0800. The molecule has 0 aliphatic rings. The highest BCUT2D eigenvalue weighted by molar-refractivity contribution is 6.32. The first kappa shape index (κ1) is 10.2. The maximum absolute atomic E-state index is 12.8. The molecular weight excluding hydrogens is 205 g/mol. The summed E-state index contributed by atoms with van der Waals surface area (Å²) in [6, 6.07) is 3.82. The molecule has 0 N–H and O–H groups in total. The van der Waals surface area contributed by atoms with Crippen LogP contribution in [0.3, 0.4) is 0 Å². The average Bonchev–Trinajstić information content (AvgIpc) is 2.03. The first-order valence-electron chi connectivity index (χ1n) is 3.46. The predicted octanol–water partition coefficient (Wildman–Crippen LogP) is 3.12. The van der Waals surface area contributed by atoms with Crippen LogP contribution in [0.25, 0.3) is 0 Å². The summed E-state index contributed by atoms with van der Waals surface area (Å²) in [4.78, 5) is 0. The molecule has 13 heavy (non-hydrogen) atoms. The third kappa shape index (κ3) is 2.81. The van der Waals surface area contributed by atoms with Crippen LogP contribution in [0.4, 0.5) is 13.2 Å². The summed E-state index contributed by atoms with van der Waals surface area (Å²) in [5.41, 5.74) is 0. The Balaban J connectivity index is 2.75. The molecule has 0 saturated carbocycles. The topological polar surface area (TPSA) is 9.23 Å². The Hall–Kier alpha value is -0.900. The van der Waals surface area contributed by atoms with Gasteiger partial charge in [0.05, 0.1) is 5.02 Å². The summed E-state index contributed by atoms with van der Waals surface area (Å²) in [6.45, 7) is -0.860. The van der Waals surface area contributed by atoms with E-state index in [4.69, 9.17) is 11.6 Å². The summed E-state index contributed by atoms with van der Waals surface area (Å²) >= 11 is 5.50. The van der Waals surface area contributed by atoms with E-state index >= 15 is 0 Å². The number of hydrogen-bond donors (Lipinski definition) is 0. The Kier molecular flexibility index (Phi) is 3.42. The highest BCUT2D eigenvalue weighted by Crippen LogP contribution is 2.27. The minimum absolute atomic E-state index is 0.0133. The molecule has 1 aromatic rings. The zero-order chi connectivity index (χ0) is 9.84. The fourth-order valence-electron chi connectivity index (χ4n) is 0.767. The van der Waals surface area contributed by atoms with E-state index < -0.39 is 18.8 Å². The highest BCUT2D eigenvalue weighted by Gasteiger charge is 2.10. The van der Waals surface area contributed by atoms with E-state index in [2.05, 4.69) is 4.74 Å². The van der Waals surface area contributed by atoms with E-state index in [9.17, 15) is 13.2 Å². The molecule has 1 nitrogen and oxygen atoms in total. The summed E-state index contributed by atoms with van der Waals surface area (Å²) in [6.07, 6.45) is -2.64. The maximum Gasteiger partial charge on any atom is 0.272 e. The predicted molar refractivity (Wildman–Crippen MR) is 42.9 cm³/mol. The van der Waals surface area contributed by atoms with Crippen LogP contribution in [-0.2, 0) is 0 Å². The molecule has 0 aliphatic carbocycles. The number of hydrogen-bond acceptors (Lipinski definition) is 1. The Morgan fingerprint density at radius 2 is 2.08 bits per heavy atom. The van der Waals surface area contributed by atoms with E-state index in [1.54, 1.807) is 0 Å². The fourth-order valence-corrected chi connectivity index (χ4v) is 0.984. The van der Waals surface area contributed by atoms with Gasteiger partial charge in [-0.3, -0.25) is 0 Å². The number of alkyl halides is 2. The molecule has 1 aromatic carbocycles. The lowest BCUT2D eigenvalue weighted by Crippen LogP contribution is -2.08. The van der Waals surface area contributed by atoms with Crippen molar-refractivity contribution in [2.24, 2.45) is 0 Å². The Bertz CT molecular complexity index is 270. The maximum atomic E-state index is 12.8. The second-order valence-corrected chi connectivity index (χ2v) is 2.66. The summed E-state index contributed by atoms with van der Waals surface area (Å²) in [5, 5.41) is -0.0133. The molecule has 0 bridgehead atoms. The van der Waals surface area contributed by atoms with Crippen LogP contribution in [-0.4, -0.2) is 13.0 Å². The molecule has 0 unspecified atom stereocenters. The monoisotopic (exact) mass is 210 g/mol. The van der Waals surface area contributed by atoms with Gasteiger partial charge in [-0.25, -0.2) is 13.2 Å². The van der Waals surface area contributed by atoms with Gasteiger partial charge >= 0.3 is 0 Å². The molecule has 72 valence electrons. The van der Waals surface area contributed by atoms with Gasteiger partial charge in [-0.05, 0) is 12.1 Å². The van der Waals surface area contributed by atoms with E-state index in [1.807, 2.05) is 0 Å². The van der Waals surface area contributed by atoms with Crippen LogP contribution in [0.5, 0.6) is 5.75 Å². The molecule has 0 aromatic heterocycles. The molecule has 0 heterocycles. The largest absolute Gasteiger partial charge is 0.483 e. The van der Waals surface area contributed by atoms with Crippen molar-refractivity contribution in [2.45, 2.75) is 6.43 Å². The van der Waals surface area contributed by atoms with E-state index in [1.165, 1.54) is 12.1 Å². The van der Waals surface area contributed by atoms with Crippen molar-refractivity contribution >= 4 is 11.6 Å². The van der Waals surface area contributed by atoms with Crippen LogP contribution in [0.2, 0.25) is 5.02 Å². The number of para-hydroxylation sites is 1. The molecule has 1 rings (SSSR count). The molecule has 0 radical (unpaired) electrons. The summed E-state index contributed by atoms with van der Waals surface area (Å²) < 4.78 is 40.7. The summed E-state index contributed by atoms with van der Waals surface area (Å²) in [7, 11) is 0. The second-order valence-electron chi connectivity index (χ2n) is 2.25. The first-order valence-corrected chi connectivity index (χ1v) is 3.84. The molecule has 0 atom stereocenters. The second kappa shape index (κ2) is 4.37. The van der Waals surface area contributed by atoms with Crippen LogP contribution in [0.15, 0.2) is 18.2 Å². The average molecular weight is 211 g/mol. The van der Waals surface area contributed by atoms with Gasteiger partial charge in [-0.15, -0.1) is 0 Å². The molecule has 0 amide bonds. The van der Waals surface area contributed by atoms with Gasteiger partial charge in [0.2, 0.25) is 0 Å². The van der Waals surface area contributed by atoms with Gasteiger partial charge in [0.25, 0.3) is 6.43 Å². The fraction of sp³-hybridized carbons (Fsp3) is 0.250. The zero-order valence-electron chi connectivity index (χ0n) is 6.44. The number of ether oxygens (including phenoxy) is 1. The molecular formula is C8H6ClF3O. The van der Waals surface area contributed by atoms with Crippen molar-refractivity contribution in [1.29, 1.82) is 0 Å². The van der Waals surface area contributed by atoms with Crippen molar-refractivity contribution in [1.82, 2.24) is 0 Å². The summed E-state index contributed by atoms with van der Waals surface area (Å²) in [5.74, 6) is -1.07. The first-order chi connectivity index (χ1) is 6.11. The minimum Gasteiger partial charge on any atom is -0.483 e. The third-order valence-electron chi connectivity index (χ3n) is 1.27. The Morgan fingerprint density at radius 1 is 1.38 bits per heavy atom. The minimum atomic E-state index is -2.64. The van der Waals surface area contributed by atoms with E-state index in [0.29, 0.717) is 0 Å². The Morgan fingerprint density at radius 3 is 2.62 bits per heavy atom. The van der Waals surface area contributed by atoms with Gasteiger partial charge in [-0.1, -0.05) is 17.7 Å². The van der Waals surface area contributed by atoms with Gasteiger partial charge in [-0.2, -0.15) is 0 Å². The van der Waals surface area contributed by atoms with Gasteiger partial charge in [0.1, 0.15) is 6.61 Å². The number of benzene rings is 1. The highest BCUT2D eigenvalue weighted by atomic mass is 35.5. The molecule has 0 spiro atoms. The quantitative estimate of drug-likeness (QED) is 0.745. The van der Waals surface area contributed by atoms with E-state index in [0.717, 1.165) is 6.07 Å². The molecule has 5 heteroatoms. The van der Waals surface area contributed by atoms with Crippen molar-refractivity contribution in [3.63, 3.8) is 0 Å². The van der Waals surface area contributed by atoms with E-state index in [-0.39, 0.29) is 10.8 Å². The third-order valence-corrected chi connectivity index (χ3v) is 1.57. The van der Waals surface area contributed by atoms with Crippen LogP contribution < -0.4 is 4.74 Å². The van der Waals surface area contributed by atoms with Crippen molar-refractivity contribution < 1.29 is 17.9 Å². The lowest BCUT2D eigenvalue weighted by Gasteiger charge is -2.07. The molecule has 0 fully saturated rings. The van der Waals surface area contributed by atoms with Gasteiger partial charge < -0.3 is 4.74 Å². The molecule has 0 saturated heterocycles. The van der Waals surface area contributed by atoms with Crippen LogP contribution >= 0.6 is 11.6 Å². The van der Waals surface area contributed by atoms with Gasteiger partial charge in [0.15, 0.2) is 11.6 Å². The SMILES string of the molecule is Fc1cccc(Cl)c1OCC(F)F. The van der Waals surface area contributed by atoms with Crippen LogP contribution in [0.1, 0.15) is 0 Å². The lowest BCUT2D eigenvalue weighted by atomic mass is 10.3.